The molecule has 3 aromatic rings. The number of benzene rings is 2. The van der Waals surface area contributed by atoms with Gasteiger partial charge in [-0.2, -0.15) is 4.98 Å². The van der Waals surface area contributed by atoms with Crippen molar-refractivity contribution in [2.75, 3.05) is 0 Å². The summed E-state index contributed by atoms with van der Waals surface area (Å²) in [5.74, 6) is 1.85. The molecule has 22 heavy (non-hydrogen) atoms. The van der Waals surface area contributed by atoms with Crippen LogP contribution in [0, 0.1) is 6.92 Å². The van der Waals surface area contributed by atoms with Gasteiger partial charge in [-0.25, -0.2) is 0 Å². The van der Waals surface area contributed by atoms with E-state index >= 15 is 0 Å². The van der Waals surface area contributed by atoms with Crippen LogP contribution in [-0.4, -0.2) is 10.1 Å². The highest BCUT2D eigenvalue weighted by Gasteiger charge is 2.09. The number of ether oxygens (including phenoxy) is 1. The molecule has 2 aromatic carbocycles. The van der Waals surface area contributed by atoms with E-state index in [1.54, 1.807) is 0 Å². The van der Waals surface area contributed by atoms with E-state index in [0.717, 1.165) is 23.3 Å². The molecule has 0 aliphatic heterocycles. The fraction of sp³-hybridized carbons (Fsp3) is 0.222. The van der Waals surface area contributed by atoms with Crippen LogP contribution in [0.5, 0.6) is 5.75 Å². The van der Waals surface area contributed by atoms with E-state index < -0.39 is 0 Å². The molecule has 0 radical (unpaired) electrons. The van der Waals surface area contributed by atoms with Crippen LogP contribution in [0.1, 0.15) is 23.9 Å². The van der Waals surface area contributed by atoms with E-state index in [0.29, 0.717) is 11.7 Å². The fourth-order valence-corrected chi connectivity index (χ4v) is 2.18. The minimum Gasteiger partial charge on any atom is -0.484 e. The van der Waals surface area contributed by atoms with E-state index in [2.05, 4.69) is 29.2 Å². The van der Waals surface area contributed by atoms with Gasteiger partial charge in [-0.15, -0.1) is 0 Å². The number of nitrogens with zero attached hydrogens (tertiary/aromatic N) is 2. The molecule has 1 aromatic heterocycles. The SMILES string of the molecule is CCc1ccc(OCc2nc(-c3cccc(C)c3)no2)cc1. The molecule has 0 bridgehead atoms. The van der Waals surface area contributed by atoms with Crippen molar-refractivity contribution >= 4 is 0 Å². The Morgan fingerprint density at radius 3 is 2.64 bits per heavy atom. The summed E-state index contributed by atoms with van der Waals surface area (Å²) in [4.78, 5) is 4.37. The lowest BCUT2D eigenvalue weighted by atomic mass is 10.1. The molecule has 1 heterocycles. The largest absolute Gasteiger partial charge is 0.484 e. The van der Waals surface area contributed by atoms with Gasteiger partial charge in [0.25, 0.3) is 5.89 Å². The summed E-state index contributed by atoms with van der Waals surface area (Å²) in [5.41, 5.74) is 3.39. The Bertz CT molecular complexity index is 748. The average molecular weight is 294 g/mol. The minimum atomic E-state index is 0.268. The van der Waals surface area contributed by atoms with Crippen LogP contribution in [0.25, 0.3) is 11.4 Å². The van der Waals surface area contributed by atoms with Gasteiger partial charge in [-0.1, -0.05) is 48.0 Å². The van der Waals surface area contributed by atoms with Crippen molar-refractivity contribution in [1.29, 1.82) is 0 Å². The van der Waals surface area contributed by atoms with Crippen LogP contribution in [0.15, 0.2) is 53.1 Å². The number of aryl methyl sites for hydroxylation is 2. The zero-order chi connectivity index (χ0) is 15.4. The van der Waals surface area contributed by atoms with Crippen molar-refractivity contribution in [2.45, 2.75) is 26.9 Å². The number of hydrogen-bond acceptors (Lipinski definition) is 4. The second-order valence-corrected chi connectivity index (χ2v) is 5.17. The molecule has 0 aliphatic carbocycles. The summed E-state index contributed by atoms with van der Waals surface area (Å²) in [6.07, 6.45) is 1.02. The van der Waals surface area contributed by atoms with Gasteiger partial charge in [0.05, 0.1) is 0 Å². The third kappa shape index (κ3) is 3.34. The standard InChI is InChI=1S/C18H18N2O2/c1-3-14-7-9-16(10-8-14)21-12-17-19-18(20-22-17)15-6-4-5-13(2)11-15/h4-11H,3,12H2,1-2H3. The van der Waals surface area contributed by atoms with Gasteiger partial charge in [0.15, 0.2) is 6.61 Å². The Kier molecular flexibility index (Phi) is 4.19. The van der Waals surface area contributed by atoms with Gasteiger partial charge in [0, 0.05) is 5.56 Å². The first kappa shape index (κ1) is 14.3. The Labute approximate surface area is 129 Å². The highest BCUT2D eigenvalue weighted by atomic mass is 16.5. The molecule has 0 N–H and O–H groups in total. The smallest absolute Gasteiger partial charge is 0.264 e. The quantitative estimate of drug-likeness (QED) is 0.708. The normalized spacial score (nSPS) is 10.6. The first-order chi connectivity index (χ1) is 10.7. The predicted molar refractivity (Wildman–Crippen MR) is 84.6 cm³/mol. The maximum Gasteiger partial charge on any atom is 0.264 e. The van der Waals surface area contributed by atoms with Crippen LogP contribution in [0.2, 0.25) is 0 Å². The molecule has 0 spiro atoms. The lowest BCUT2D eigenvalue weighted by Crippen LogP contribution is -1.96. The van der Waals surface area contributed by atoms with Crippen molar-refractivity contribution in [1.82, 2.24) is 10.1 Å². The summed E-state index contributed by atoms with van der Waals surface area (Å²) in [7, 11) is 0. The van der Waals surface area contributed by atoms with Gasteiger partial charge in [-0.3, -0.25) is 0 Å². The van der Waals surface area contributed by atoms with Crippen LogP contribution in [-0.2, 0) is 13.0 Å². The third-order valence-electron chi connectivity index (χ3n) is 3.44. The summed E-state index contributed by atoms with van der Waals surface area (Å²) >= 11 is 0. The molecule has 0 aliphatic rings. The third-order valence-corrected chi connectivity index (χ3v) is 3.44. The average Bonchev–Trinajstić information content (AvgIpc) is 3.02. The molecular weight excluding hydrogens is 276 g/mol. The molecule has 0 unspecified atom stereocenters. The molecular formula is C18H18N2O2. The van der Waals surface area contributed by atoms with E-state index in [-0.39, 0.29) is 6.61 Å². The molecule has 0 amide bonds. The van der Waals surface area contributed by atoms with Crippen LogP contribution < -0.4 is 4.74 Å². The van der Waals surface area contributed by atoms with Crippen molar-refractivity contribution in [3.05, 3.63) is 65.5 Å². The maximum atomic E-state index is 5.67. The Morgan fingerprint density at radius 2 is 1.91 bits per heavy atom. The lowest BCUT2D eigenvalue weighted by molar-refractivity contribution is 0.243. The van der Waals surface area contributed by atoms with Gasteiger partial charge < -0.3 is 9.26 Å². The van der Waals surface area contributed by atoms with Gasteiger partial charge in [0.1, 0.15) is 5.75 Å². The Balaban J connectivity index is 1.66. The van der Waals surface area contributed by atoms with Crippen molar-refractivity contribution in [2.24, 2.45) is 0 Å². The van der Waals surface area contributed by atoms with Crippen molar-refractivity contribution in [3.8, 4) is 17.1 Å². The van der Waals surface area contributed by atoms with Crippen LogP contribution >= 0.6 is 0 Å². The summed E-state index contributed by atoms with van der Waals surface area (Å²) in [5, 5.41) is 4.00. The van der Waals surface area contributed by atoms with E-state index in [9.17, 15) is 0 Å². The number of rotatable bonds is 5. The first-order valence-corrected chi connectivity index (χ1v) is 7.36. The summed E-state index contributed by atoms with van der Waals surface area (Å²) in [6.45, 7) is 4.43. The molecule has 0 saturated carbocycles. The Hall–Kier alpha value is -2.62. The molecule has 0 fully saturated rings. The Morgan fingerprint density at radius 1 is 1.09 bits per heavy atom. The van der Waals surface area contributed by atoms with Crippen molar-refractivity contribution in [3.63, 3.8) is 0 Å². The monoisotopic (exact) mass is 294 g/mol. The molecule has 4 heteroatoms. The summed E-state index contributed by atoms with van der Waals surface area (Å²) in [6, 6.07) is 16.0. The highest BCUT2D eigenvalue weighted by molar-refractivity contribution is 5.55. The molecule has 0 atom stereocenters. The van der Waals surface area contributed by atoms with E-state index in [1.165, 1.54) is 5.56 Å². The van der Waals surface area contributed by atoms with Gasteiger partial charge in [-0.05, 0) is 37.1 Å². The zero-order valence-corrected chi connectivity index (χ0v) is 12.7. The zero-order valence-electron chi connectivity index (χ0n) is 12.7. The van der Waals surface area contributed by atoms with Crippen LogP contribution in [0.4, 0.5) is 0 Å². The number of hydrogen-bond donors (Lipinski definition) is 0. The molecule has 3 rings (SSSR count). The summed E-state index contributed by atoms with van der Waals surface area (Å²) < 4.78 is 10.9. The molecule has 0 saturated heterocycles. The highest BCUT2D eigenvalue weighted by Crippen LogP contribution is 2.18. The van der Waals surface area contributed by atoms with E-state index in [4.69, 9.17) is 9.26 Å². The maximum absolute atomic E-state index is 5.67. The second kappa shape index (κ2) is 6.43. The second-order valence-electron chi connectivity index (χ2n) is 5.17. The number of aromatic nitrogens is 2. The van der Waals surface area contributed by atoms with E-state index in [1.807, 2.05) is 43.3 Å². The van der Waals surface area contributed by atoms with Crippen molar-refractivity contribution < 1.29 is 9.26 Å². The fourth-order valence-electron chi connectivity index (χ4n) is 2.18. The molecule has 112 valence electrons. The lowest BCUT2D eigenvalue weighted by Gasteiger charge is -2.03. The predicted octanol–water partition coefficient (Wildman–Crippen LogP) is 4.19. The molecule has 4 nitrogen and oxygen atoms in total. The first-order valence-electron chi connectivity index (χ1n) is 7.36. The van der Waals surface area contributed by atoms with Gasteiger partial charge >= 0.3 is 0 Å². The van der Waals surface area contributed by atoms with Gasteiger partial charge in [0.2, 0.25) is 5.82 Å². The topological polar surface area (TPSA) is 48.2 Å². The van der Waals surface area contributed by atoms with Crippen LogP contribution in [0.3, 0.4) is 0 Å². The minimum absolute atomic E-state index is 0.268.